The quantitative estimate of drug-likeness (QED) is 0.883. The molecule has 1 aromatic heterocycles. The number of rotatable bonds is 2. The van der Waals surface area contributed by atoms with Crippen LogP contribution in [0.1, 0.15) is 18.5 Å². The van der Waals surface area contributed by atoms with Gasteiger partial charge in [-0.3, -0.25) is 9.59 Å². The number of nitrogens with zero attached hydrogens (tertiary/aromatic N) is 2. The first-order valence-electron chi connectivity index (χ1n) is 8.81. The number of hydrogen-bond acceptors (Lipinski definition) is 4. The molecule has 0 aliphatic carbocycles. The zero-order valence-corrected chi connectivity index (χ0v) is 14.7. The zero-order chi connectivity index (χ0) is 18.3. The third kappa shape index (κ3) is 2.83. The number of pyridine rings is 1. The van der Waals surface area contributed by atoms with Crippen molar-refractivity contribution in [3.05, 3.63) is 46.2 Å². The Labute approximate surface area is 150 Å². The van der Waals surface area contributed by atoms with E-state index in [1.807, 2.05) is 29.7 Å². The van der Waals surface area contributed by atoms with Crippen molar-refractivity contribution in [2.75, 3.05) is 19.6 Å². The molecule has 1 N–H and O–H groups in total. The Morgan fingerprint density at radius 1 is 1.31 bits per heavy atom. The summed E-state index contributed by atoms with van der Waals surface area (Å²) in [6.07, 6.45) is 1.14. The molecule has 0 bridgehead atoms. The maximum absolute atomic E-state index is 12.9. The second-order valence-corrected chi connectivity index (χ2v) is 7.10. The molecule has 2 aliphatic heterocycles. The van der Waals surface area contributed by atoms with Crippen molar-refractivity contribution in [3.8, 4) is 0 Å². The van der Waals surface area contributed by atoms with Gasteiger partial charge in [0, 0.05) is 23.7 Å². The molecule has 4 rings (SSSR count). The van der Waals surface area contributed by atoms with E-state index in [1.54, 1.807) is 17.0 Å². The first-order chi connectivity index (χ1) is 12.5. The second-order valence-electron chi connectivity index (χ2n) is 7.10. The Bertz CT molecular complexity index is 951. The van der Waals surface area contributed by atoms with Crippen LogP contribution in [-0.2, 0) is 16.1 Å². The van der Waals surface area contributed by atoms with E-state index < -0.39 is 11.7 Å². The van der Waals surface area contributed by atoms with Gasteiger partial charge in [0.25, 0.3) is 0 Å². The second kappa shape index (κ2) is 6.16. The molecule has 2 aromatic rings. The SMILES string of the molecule is Cc1cc(=O)c2ccccc2n1CC(=O)N1CCCC2(CNC(=O)O2)C1. The Kier molecular flexibility index (Phi) is 3.94. The van der Waals surface area contributed by atoms with Gasteiger partial charge in [-0.15, -0.1) is 0 Å². The number of benzene rings is 1. The number of alkyl carbamates (subject to hydrolysis) is 1. The van der Waals surface area contributed by atoms with Gasteiger partial charge in [0.15, 0.2) is 5.43 Å². The lowest BCUT2D eigenvalue weighted by atomic mass is 9.93. The molecule has 1 unspecified atom stereocenters. The zero-order valence-electron chi connectivity index (χ0n) is 14.7. The highest BCUT2D eigenvalue weighted by Gasteiger charge is 2.44. The Morgan fingerprint density at radius 2 is 2.12 bits per heavy atom. The van der Waals surface area contributed by atoms with Crippen LogP contribution in [0.2, 0.25) is 0 Å². The summed E-state index contributed by atoms with van der Waals surface area (Å²) < 4.78 is 7.31. The number of hydrogen-bond donors (Lipinski definition) is 1. The van der Waals surface area contributed by atoms with Crippen LogP contribution in [0.4, 0.5) is 4.79 Å². The maximum atomic E-state index is 12.9. The first kappa shape index (κ1) is 16.6. The summed E-state index contributed by atoms with van der Waals surface area (Å²) in [6, 6.07) is 8.88. The van der Waals surface area contributed by atoms with Gasteiger partial charge in [-0.2, -0.15) is 0 Å². The Balaban J connectivity index is 1.60. The normalized spacial score (nSPS) is 22.5. The molecule has 2 saturated heterocycles. The topological polar surface area (TPSA) is 80.6 Å². The maximum Gasteiger partial charge on any atom is 0.407 e. The van der Waals surface area contributed by atoms with Crippen molar-refractivity contribution >= 4 is 22.9 Å². The monoisotopic (exact) mass is 355 g/mol. The van der Waals surface area contributed by atoms with Crippen LogP contribution >= 0.6 is 0 Å². The number of aromatic nitrogens is 1. The third-order valence-electron chi connectivity index (χ3n) is 5.28. The van der Waals surface area contributed by atoms with E-state index in [1.165, 1.54) is 0 Å². The third-order valence-corrected chi connectivity index (χ3v) is 5.28. The highest BCUT2D eigenvalue weighted by molar-refractivity contribution is 5.83. The van der Waals surface area contributed by atoms with Crippen LogP contribution in [0.15, 0.2) is 35.1 Å². The number of para-hydroxylation sites is 1. The Morgan fingerprint density at radius 3 is 2.88 bits per heavy atom. The molecular weight excluding hydrogens is 334 g/mol. The minimum atomic E-state index is -0.606. The summed E-state index contributed by atoms with van der Waals surface area (Å²) in [6.45, 7) is 3.48. The predicted octanol–water partition coefficient (Wildman–Crippen LogP) is 1.41. The summed E-state index contributed by atoms with van der Waals surface area (Å²) in [5.74, 6) is -0.0380. The number of amides is 2. The van der Waals surface area contributed by atoms with Gasteiger partial charge >= 0.3 is 6.09 Å². The minimum absolute atomic E-state index is 0.0380. The van der Waals surface area contributed by atoms with E-state index in [-0.39, 0.29) is 17.9 Å². The van der Waals surface area contributed by atoms with E-state index >= 15 is 0 Å². The van der Waals surface area contributed by atoms with E-state index in [0.717, 1.165) is 24.1 Å². The van der Waals surface area contributed by atoms with Crippen LogP contribution in [0.25, 0.3) is 10.9 Å². The van der Waals surface area contributed by atoms with Crippen molar-refractivity contribution in [1.82, 2.24) is 14.8 Å². The largest absolute Gasteiger partial charge is 0.439 e. The molecule has 2 aliphatic rings. The smallest absolute Gasteiger partial charge is 0.407 e. The van der Waals surface area contributed by atoms with Gasteiger partial charge in [0.05, 0.1) is 18.6 Å². The molecule has 7 heteroatoms. The molecule has 0 saturated carbocycles. The van der Waals surface area contributed by atoms with Crippen LogP contribution < -0.4 is 10.7 Å². The summed E-state index contributed by atoms with van der Waals surface area (Å²) >= 11 is 0. The predicted molar refractivity (Wildman–Crippen MR) is 96.0 cm³/mol. The molecule has 3 heterocycles. The van der Waals surface area contributed by atoms with Crippen molar-refractivity contribution in [1.29, 1.82) is 0 Å². The number of likely N-dealkylation sites (tertiary alicyclic amines) is 1. The number of piperidine rings is 1. The van der Waals surface area contributed by atoms with Gasteiger partial charge in [-0.25, -0.2) is 4.79 Å². The number of carbonyl (C=O) groups excluding carboxylic acids is 2. The Hall–Kier alpha value is -2.83. The minimum Gasteiger partial charge on any atom is -0.439 e. The number of nitrogens with one attached hydrogen (secondary N) is 1. The van der Waals surface area contributed by atoms with Gasteiger partial charge in [0.1, 0.15) is 12.1 Å². The van der Waals surface area contributed by atoms with Gasteiger partial charge in [-0.1, -0.05) is 12.1 Å². The molecule has 0 radical (unpaired) electrons. The van der Waals surface area contributed by atoms with Crippen LogP contribution in [-0.4, -0.2) is 46.7 Å². The lowest BCUT2D eigenvalue weighted by Gasteiger charge is -2.38. The van der Waals surface area contributed by atoms with Crippen molar-refractivity contribution in [3.63, 3.8) is 0 Å². The number of fused-ring (bicyclic) bond motifs is 1. The molecule has 1 atom stereocenters. The standard InChI is InChI=1S/C19H21N3O4/c1-13-9-16(23)14-5-2-3-6-15(14)22(13)10-17(24)21-8-4-7-19(12-21)11-20-18(25)26-19/h2-3,5-6,9H,4,7-8,10-12H2,1H3,(H,20,25). The lowest BCUT2D eigenvalue weighted by Crippen LogP contribution is -2.53. The molecule has 7 nitrogen and oxygen atoms in total. The van der Waals surface area contributed by atoms with E-state index in [4.69, 9.17) is 4.74 Å². The van der Waals surface area contributed by atoms with Gasteiger partial charge in [-0.05, 0) is 31.9 Å². The van der Waals surface area contributed by atoms with Crippen LogP contribution in [0, 0.1) is 6.92 Å². The summed E-state index contributed by atoms with van der Waals surface area (Å²) in [5.41, 5.74) is 0.864. The number of ether oxygens (including phenoxy) is 1. The summed E-state index contributed by atoms with van der Waals surface area (Å²) in [5, 5.41) is 3.30. The first-order valence-corrected chi connectivity index (χ1v) is 8.81. The number of aryl methyl sites for hydroxylation is 1. The molecule has 136 valence electrons. The molecule has 26 heavy (non-hydrogen) atoms. The van der Waals surface area contributed by atoms with E-state index in [2.05, 4.69) is 5.32 Å². The average molecular weight is 355 g/mol. The molecule has 2 amide bonds. The molecule has 1 spiro atoms. The molecular formula is C19H21N3O4. The average Bonchev–Trinajstić information content (AvgIpc) is 2.98. The summed E-state index contributed by atoms with van der Waals surface area (Å²) in [4.78, 5) is 38.3. The molecule has 2 fully saturated rings. The van der Waals surface area contributed by atoms with Crippen LogP contribution in [0.3, 0.4) is 0 Å². The highest BCUT2D eigenvalue weighted by atomic mass is 16.6. The fraction of sp³-hybridized carbons (Fsp3) is 0.421. The summed E-state index contributed by atoms with van der Waals surface area (Å²) in [7, 11) is 0. The van der Waals surface area contributed by atoms with Crippen molar-refractivity contribution in [2.45, 2.75) is 31.9 Å². The molecule has 1 aromatic carbocycles. The van der Waals surface area contributed by atoms with E-state index in [9.17, 15) is 14.4 Å². The van der Waals surface area contributed by atoms with Gasteiger partial charge < -0.3 is 19.5 Å². The van der Waals surface area contributed by atoms with Gasteiger partial charge in [0.2, 0.25) is 5.91 Å². The van der Waals surface area contributed by atoms with E-state index in [0.29, 0.717) is 25.0 Å². The fourth-order valence-corrected chi connectivity index (χ4v) is 3.94. The van der Waals surface area contributed by atoms with Crippen molar-refractivity contribution < 1.29 is 14.3 Å². The van der Waals surface area contributed by atoms with Crippen LogP contribution in [0.5, 0.6) is 0 Å². The lowest BCUT2D eigenvalue weighted by molar-refractivity contribution is -0.137. The highest BCUT2D eigenvalue weighted by Crippen LogP contribution is 2.28. The number of carbonyl (C=O) groups is 2. The van der Waals surface area contributed by atoms with Crippen molar-refractivity contribution in [2.24, 2.45) is 0 Å². The fourth-order valence-electron chi connectivity index (χ4n) is 3.94.